The van der Waals surface area contributed by atoms with E-state index in [4.69, 9.17) is 0 Å². The van der Waals surface area contributed by atoms with E-state index in [1.165, 1.54) is 0 Å². The number of nitrogens with one attached hydrogen (secondary N) is 1. The standard InChI is InChI=1S/C6H6BrN3O/c7-4-5-8-1-2-10(5)3-9-6(4)11/h3,8H,1-2H2. The predicted molar refractivity (Wildman–Crippen MR) is 44.7 cm³/mol. The van der Waals surface area contributed by atoms with Crippen LogP contribution in [0.3, 0.4) is 0 Å². The summed E-state index contributed by atoms with van der Waals surface area (Å²) in [5, 5.41) is 3.09. The van der Waals surface area contributed by atoms with Crippen molar-refractivity contribution in [1.82, 2.24) is 9.55 Å². The molecule has 0 aromatic carbocycles. The molecule has 58 valence electrons. The summed E-state index contributed by atoms with van der Waals surface area (Å²) in [5.74, 6) is 0.838. The van der Waals surface area contributed by atoms with Crippen molar-refractivity contribution in [1.29, 1.82) is 0 Å². The van der Waals surface area contributed by atoms with Gasteiger partial charge in [0.25, 0.3) is 5.56 Å². The molecule has 11 heavy (non-hydrogen) atoms. The van der Waals surface area contributed by atoms with Crippen LogP contribution in [-0.2, 0) is 6.54 Å². The third-order valence-corrected chi connectivity index (χ3v) is 2.36. The van der Waals surface area contributed by atoms with E-state index in [1.807, 2.05) is 4.57 Å². The highest BCUT2D eigenvalue weighted by Crippen LogP contribution is 2.19. The second kappa shape index (κ2) is 2.34. The summed E-state index contributed by atoms with van der Waals surface area (Å²) in [6, 6.07) is 0. The summed E-state index contributed by atoms with van der Waals surface area (Å²) >= 11 is 3.17. The Morgan fingerprint density at radius 2 is 2.55 bits per heavy atom. The molecule has 1 aromatic rings. The molecule has 5 heteroatoms. The number of hydrogen-bond acceptors (Lipinski definition) is 3. The van der Waals surface area contributed by atoms with Crippen LogP contribution in [0.25, 0.3) is 0 Å². The average Bonchev–Trinajstić information content (AvgIpc) is 2.45. The first-order valence-corrected chi connectivity index (χ1v) is 4.07. The van der Waals surface area contributed by atoms with Crippen LogP contribution in [0.2, 0.25) is 0 Å². The summed E-state index contributed by atoms with van der Waals surface area (Å²) < 4.78 is 2.43. The number of fused-ring (bicyclic) bond motifs is 1. The zero-order valence-electron chi connectivity index (χ0n) is 5.67. The molecule has 0 atom stereocenters. The molecule has 1 aliphatic rings. The van der Waals surface area contributed by atoms with Gasteiger partial charge in [-0.1, -0.05) is 0 Å². The fourth-order valence-corrected chi connectivity index (χ4v) is 1.58. The molecule has 4 nitrogen and oxygen atoms in total. The fraction of sp³-hybridized carbons (Fsp3) is 0.333. The Hall–Kier alpha value is -0.840. The maximum Gasteiger partial charge on any atom is 0.289 e. The highest BCUT2D eigenvalue weighted by molar-refractivity contribution is 9.10. The Morgan fingerprint density at radius 3 is 3.36 bits per heavy atom. The minimum Gasteiger partial charge on any atom is -0.369 e. The quantitative estimate of drug-likeness (QED) is 0.684. The lowest BCUT2D eigenvalue weighted by atomic mass is 10.6. The van der Waals surface area contributed by atoms with Crippen molar-refractivity contribution >= 4 is 21.7 Å². The van der Waals surface area contributed by atoms with Crippen LogP contribution in [0, 0.1) is 0 Å². The zero-order chi connectivity index (χ0) is 7.84. The molecule has 0 bridgehead atoms. The van der Waals surface area contributed by atoms with Gasteiger partial charge in [0.05, 0.1) is 0 Å². The van der Waals surface area contributed by atoms with Gasteiger partial charge in [0.2, 0.25) is 0 Å². The Bertz CT molecular complexity index is 346. The van der Waals surface area contributed by atoms with Crippen LogP contribution in [0.4, 0.5) is 5.82 Å². The van der Waals surface area contributed by atoms with Crippen LogP contribution >= 0.6 is 15.9 Å². The lowest BCUT2D eigenvalue weighted by molar-refractivity contribution is 0.773. The Morgan fingerprint density at radius 1 is 1.73 bits per heavy atom. The third kappa shape index (κ3) is 0.956. The number of rotatable bonds is 0. The lowest BCUT2D eigenvalue weighted by Gasteiger charge is -2.01. The normalized spacial score (nSPS) is 14.3. The fourth-order valence-electron chi connectivity index (χ4n) is 1.11. The molecule has 0 spiro atoms. The van der Waals surface area contributed by atoms with Gasteiger partial charge in [-0.25, -0.2) is 0 Å². The van der Waals surface area contributed by atoms with Gasteiger partial charge in [-0.05, 0) is 15.9 Å². The molecule has 0 saturated heterocycles. The van der Waals surface area contributed by atoms with Crippen LogP contribution in [0.1, 0.15) is 0 Å². The monoisotopic (exact) mass is 215 g/mol. The Labute approximate surface area is 71.4 Å². The Kier molecular flexibility index (Phi) is 1.45. The van der Waals surface area contributed by atoms with Crippen LogP contribution in [-0.4, -0.2) is 16.1 Å². The molecule has 0 amide bonds. The Balaban J connectivity index is 2.72. The SMILES string of the molecule is O=c1ncn2c(c1Br)NCC2. The number of hydrogen-bond donors (Lipinski definition) is 1. The highest BCUT2D eigenvalue weighted by atomic mass is 79.9. The second-order valence-corrected chi connectivity index (χ2v) is 3.13. The van der Waals surface area contributed by atoms with Crippen LogP contribution in [0.15, 0.2) is 15.6 Å². The van der Waals surface area contributed by atoms with E-state index in [2.05, 4.69) is 26.2 Å². The molecular weight excluding hydrogens is 210 g/mol. The van der Waals surface area contributed by atoms with E-state index in [0.29, 0.717) is 4.47 Å². The smallest absolute Gasteiger partial charge is 0.289 e. The first-order valence-electron chi connectivity index (χ1n) is 3.28. The summed E-state index contributed by atoms with van der Waals surface area (Å²) in [4.78, 5) is 14.6. The summed E-state index contributed by atoms with van der Waals surface area (Å²) in [6.45, 7) is 1.74. The molecule has 0 unspecified atom stereocenters. The third-order valence-electron chi connectivity index (χ3n) is 1.64. The van der Waals surface area contributed by atoms with Gasteiger partial charge >= 0.3 is 0 Å². The molecule has 0 aliphatic carbocycles. The van der Waals surface area contributed by atoms with Crippen molar-refractivity contribution in [2.24, 2.45) is 0 Å². The summed E-state index contributed by atoms with van der Waals surface area (Å²) in [7, 11) is 0. The molecule has 2 rings (SSSR count). The minimum absolute atomic E-state index is 0.217. The number of nitrogens with zero attached hydrogens (tertiary/aromatic N) is 2. The topological polar surface area (TPSA) is 46.9 Å². The molecule has 1 aliphatic heterocycles. The zero-order valence-corrected chi connectivity index (χ0v) is 7.26. The van der Waals surface area contributed by atoms with Gasteiger partial charge in [-0.3, -0.25) is 4.79 Å². The van der Waals surface area contributed by atoms with E-state index < -0.39 is 0 Å². The highest BCUT2D eigenvalue weighted by Gasteiger charge is 2.13. The van der Waals surface area contributed by atoms with E-state index in [1.54, 1.807) is 6.33 Å². The minimum atomic E-state index is -0.217. The molecule has 0 saturated carbocycles. The van der Waals surface area contributed by atoms with Gasteiger partial charge in [-0.15, -0.1) is 0 Å². The average molecular weight is 216 g/mol. The van der Waals surface area contributed by atoms with Crippen LogP contribution in [0.5, 0.6) is 0 Å². The number of halogens is 1. The van der Waals surface area contributed by atoms with E-state index in [-0.39, 0.29) is 5.56 Å². The maximum absolute atomic E-state index is 11.0. The number of aromatic nitrogens is 2. The lowest BCUT2D eigenvalue weighted by Crippen LogP contribution is -2.11. The van der Waals surface area contributed by atoms with Crippen molar-refractivity contribution in [2.75, 3.05) is 11.9 Å². The first kappa shape index (κ1) is 6.84. The van der Waals surface area contributed by atoms with Gasteiger partial charge < -0.3 is 9.88 Å². The van der Waals surface area contributed by atoms with Gasteiger partial charge in [0.15, 0.2) is 0 Å². The van der Waals surface area contributed by atoms with E-state index in [0.717, 1.165) is 18.9 Å². The second-order valence-electron chi connectivity index (χ2n) is 2.33. The maximum atomic E-state index is 11.0. The van der Waals surface area contributed by atoms with Crippen molar-refractivity contribution in [3.8, 4) is 0 Å². The van der Waals surface area contributed by atoms with E-state index >= 15 is 0 Å². The van der Waals surface area contributed by atoms with Crippen molar-refractivity contribution in [3.63, 3.8) is 0 Å². The van der Waals surface area contributed by atoms with Gasteiger partial charge in [0.1, 0.15) is 16.6 Å². The van der Waals surface area contributed by atoms with Crippen molar-refractivity contribution in [2.45, 2.75) is 6.54 Å². The number of anilines is 1. The van der Waals surface area contributed by atoms with Gasteiger partial charge in [0, 0.05) is 13.1 Å². The summed E-state index contributed by atoms with van der Waals surface area (Å²) in [6.07, 6.45) is 1.56. The van der Waals surface area contributed by atoms with Crippen molar-refractivity contribution in [3.05, 3.63) is 21.2 Å². The van der Waals surface area contributed by atoms with Crippen LogP contribution < -0.4 is 10.9 Å². The molecule has 0 radical (unpaired) electrons. The van der Waals surface area contributed by atoms with Crippen molar-refractivity contribution < 1.29 is 0 Å². The predicted octanol–water partition coefficient (Wildman–Crippen LogP) is 0.431. The van der Waals surface area contributed by atoms with Gasteiger partial charge in [-0.2, -0.15) is 4.98 Å². The first-order chi connectivity index (χ1) is 5.29. The van der Waals surface area contributed by atoms with E-state index in [9.17, 15) is 4.79 Å². The molecular formula is C6H6BrN3O. The molecule has 1 N–H and O–H groups in total. The molecule has 1 aromatic heterocycles. The molecule has 0 fully saturated rings. The summed E-state index contributed by atoms with van der Waals surface area (Å²) in [5.41, 5.74) is -0.217. The largest absolute Gasteiger partial charge is 0.369 e. The molecule has 2 heterocycles.